The Labute approximate surface area is 103 Å². The van der Waals surface area contributed by atoms with Crippen LogP contribution in [-0.4, -0.2) is 27.0 Å². The van der Waals surface area contributed by atoms with E-state index in [1.807, 2.05) is 12.1 Å². The van der Waals surface area contributed by atoms with Crippen LogP contribution in [-0.2, 0) is 20.7 Å². The van der Waals surface area contributed by atoms with Crippen LogP contribution in [0.1, 0.15) is 5.56 Å². The third kappa shape index (κ3) is 3.83. The van der Waals surface area contributed by atoms with Crippen molar-refractivity contribution in [2.24, 2.45) is 0 Å². The molecule has 0 aliphatic heterocycles. The smallest absolute Gasteiger partial charge is 0.309 e. The van der Waals surface area contributed by atoms with Crippen LogP contribution in [0.5, 0.6) is 5.75 Å². The highest BCUT2D eigenvalue weighted by Gasteiger charge is 2.06. The predicted octanol–water partition coefficient (Wildman–Crippen LogP) is 2.15. The number of carbonyl (C=O) groups is 1. The zero-order valence-electron chi connectivity index (χ0n) is 9.16. The molecular weight excluding hydrogens is 276 g/mol. The van der Waals surface area contributed by atoms with E-state index in [1.54, 1.807) is 13.2 Å². The highest BCUT2D eigenvalue weighted by Crippen LogP contribution is 2.26. The van der Waals surface area contributed by atoms with Crippen LogP contribution in [0.25, 0.3) is 0 Å². The minimum Gasteiger partial charge on any atom is -0.469 e. The lowest BCUT2D eigenvalue weighted by Gasteiger charge is -2.08. The van der Waals surface area contributed by atoms with Crippen molar-refractivity contribution in [1.29, 1.82) is 0 Å². The molecule has 0 aromatic heterocycles. The fourth-order valence-corrected chi connectivity index (χ4v) is 1.67. The predicted molar refractivity (Wildman–Crippen MR) is 62.4 cm³/mol. The standard InChI is InChI=1S/C11H13BrO4/c1-14-7-16-10-4-3-8(5-9(10)12)6-11(13)15-2/h3-5H,6-7H2,1-2H3. The summed E-state index contributed by atoms with van der Waals surface area (Å²) in [6.07, 6.45) is 0.250. The molecule has 1 aromatic rings. The minimum atomic E-state index is -0.266. The van der Waals surface area contributed by atoms with E-state index in [4.69, 9.17) is 9.47 Å². The SMILES string of the molecule is COCOc1ccc(CC(=O)OC)cc1Br. The average molecular weight is 289 g/mol. The molecule has 88 valence electrons. The topological polar surface area (TPSA) is 44.8 Å². The van der Waals surface area contributed by atoms with Crippen molar-refractivity contribution in [1.82, 2.24) is 0 Å². The fourth-order valence-electron chi connectivity index (χ4n) is 1.13. The van der Waals surface area contributed by atoms with Gasteiger partial charge in [0.2, 0.25) is 0 Å². The van der Waals surface area contributed by atoms with Gasteiger partial charge in [-0.05, 0) is 33.6 Å². The van der Waals surface area contributed by atoms with Crippen molar-refractivity contribution in [3.63, 3.8) is 0 Å². The number of carbonyl (C=O) groups excluding carboxylic acids is 1. The second-order valence-electron chi connectivity index (χ2n) is 3.07. The van der Waals surface area contributed by atoms with E-state index in [0.29, 0.717) is 5.75 Å². The Balaban J connectivity index is 2.70. The maximum atomic E-state index is 11.1. The molecule has 0 saturated heterocycles. The van der Waals surface area contributed by atoms with Crippen molar-refractivity contribution in [3.05, 3.63) is 28.2 Å². The van der Waals surface area contributed by atoms with Gasteiger partial charge in [0, 0.05) is 7.11 Å². The molecule has 1 rings (SSSR count). The number of halogens is 1. The summed E-state index contributed by atoms with van der Waals surface area (Å²) in [5.74, 6) is 0.410. The number of hydrogen-bond donors (Lipinski definition) is 0. The van der Waals surface area contributed by atoms with Crippen molar-refractivity contribution in [2.45, 2.75) is 6.42 Å². The lowest BCUT2D eigenvalue weighted by molar-refractivity contribution is -0.139. The second kappa shape index (κ2) is 6.50. The van der Waals surface area contributed by atoms with Gasteiger partial charge in [0.25, 0.3) is 0 Å². The lowest BCUT2D eigenvalue weighted by Crippen LogP contribution is -2.05. The van der Waals surface area contributed by atoms with Gasteiger partial charge in [-0.1, -0.05) is 6.07 Å². The zero-order chi connectivity index (χ0) is 12.0. The molecule has 0 radical (unpaired) electrons. The average Bonchev–Trinajstić information content (AvgIpc) is 2.28. The van der Waals surface area contributed by atoms with Crippen LogP contribution in [0.4, 0.5) is 0 Å². The third-order valence-electron chi connectivity index (χ3n) is 1.90. The number of benzene rings is 1. The Morgan fingerprint density at radius 1 is 1.38 bits per heavy atom. The van der Waals surface area contributed by atoms with Gasteiger partial charge in [-0.3, -0.25) is 4.79 Å². The van der Waals surface area contributed by atoms with Crippen LogP contribution in [0.15, 0.2) is 22.7 Å². The number of rotatable bonds is 5. The highest BCUT2D eigenvalue weighted by molar-refractivity contribution is 9.10. The zero-order valence-corrected chi connectivity index (χ0v) is 10.7. The minimum absolute atomic E-state index is 0.189. The molecule has 16 heavy (non-hydrogen) atoms. The maximum absolute atomic E-state index is 11.1. The Morgan fingerprint density at radius 2 is 2.12 bits per heavy atom. The first kappa shape index (κ1) is 13.0. The van der Waals surface area contributed by atoms with Gasteiger partial charge in [0.05, 0.1) is 18.0 Å². The molecule has 0 bridgehead atoms. The Hall–Kier alpha value is -1.07. The maximum Gasteiger partial charge on any atom is 0.309 e. The highest BCUT2D eigenvalue weighted by atomic mass is 79.9. The van der Waals surface area contributed by atoms with Crippen LogP contribution >= 0.6 is 15.9 Å². The largest absolute Gasteiger partial charge is 0.469 e. The van der Waals surface area contributed by atoms with Crippen molar-refractivity contribution < 1.29 is 19.0 Å². The van der Waals surface area contributed by atoms with Gasteiger partial charge in [-0.2, -0.15) is 0 Å². The van der Waals surface area contributed by atoms with Crippen LogP contribution in [0, 0.1) is 0 Å². The van der Waals surface area contributed by atoms with E-state index >= 15 is 0 Å². The first-order valence-corrected chi connectivity index (χ1v) is 5.43. The molecule has 0 atom stereocenters. The number of esters is 1. The van der Waals surface area contributed by atoms with Crippen LogP contribution in [0.2, 0.25) is 0 Å². The van der Waals surface area contributed by atoms with Crippen LogP contribution in [0.3, 0.4) is 0 Å². The fraction of sp³-hybridized carbons (Fsp3) is 0.364. The monoisotopic (exact) mass is 288 g/mol. The first-order chi connectivity index (χ1) is 7.67. The van der Waals surface area contributed by atoms with Crippen LogP contribution < -0.4 is 4.74 Å². The summed E-state index contributed by atoms with van der Waals surface area (Å²) in [7, 11) is 2.92. The van der Waals surface area contributed by atoms with Crippen molar-refractivity contribution in [2.75, 3.05) is 21.0 Å². The molecule has 4 nitrogen and oxygen atoms in total. The van der Waals surface area contributed by atoms with E-state index in [2.05, 4.69) is 20.7 Å². The molecule has 0 aliphatic rings. The van der Waals surface area contributed by atoms with E-state index in [-0.39, 0.29) is 19.2 Å². The molecule has 0 fully saturated rings. The van der Waals surface area contributed by atoms with Gasteiger partial charge >= 0.3 is 5.97 Å². The van der Waals surface area contributed by atoms with Gasteiger partial charge in [0.15, 0.2) is 6.79 Å². The van der Waals surface area contributed by atoms with Gasteiger partial charge < -0.3 is 14.2 Å². The van der Waals surface area contributed by atoms with E-state index in [9.17, 15) is 4.79 Å². The number of ether oxygens (including phenoxy) is 3. The second-order valence-corrected chi connectivity index (χ2v) is 3.92. The molecule has 0 aliphatic carbocycles. The molecule has 5 heteroatoms. The molecular formula is C11H13BrO4. The molecule has 0 amide bonds. The molecule has 0 saturated carbocycles. The van der Waals surface area contributed by atoms with Crippen molar-refractivity contribution >= 4 is 21.9 Å². The van der Waals surface area contributed by atoms with E-state index in [1.165, 1.54) is 7.11 Å². The molecule has 0 unspecified atom stereocenters. The van der Waals surface area contributed by atoms with Gasteiger partial charge in [-0.15, -0.1) is 0 Å². The molecule has 0 spiro atoms. The van der Waals surface area contributed by atoms with Gasteiger partial charge in [0.1, 0.15) is 5.75 Å². The third-order valence-corrected chi connectivity index (χ3v) is 2.52. The quantitative estimate of drug-likeness (QED) is 0.615. The summed E-state index contributed by atoms with van der Waals surface area (Å²) in [6.45, 7) is 0.189. The number of methoxy groups -OCH3 is 2. The summed E-state index contributed by atoms with van der Waals surface area (Å²) < 4.78 is 15.4. The summed E-state index contributed by atoms with van der Waals surface area (Å²) in [6, 6.07) is 5.41. The Bertz CT molecular complexity index is 365. The summed E-state index contributed by atoms with van der Waals surface area (Å²) in [4.78, 5) is 11.1. The Morgan fingerprint density at radius 3 is 2.69 bits per heavy atom. The number of hydrogen-bond acceptors (Lipinski definition) is 4. The summed E-state index contributed by atoms with van der Waals surface area (Å²) in [5.41, 5.74) is 0.864. The normalized spacial score (nSPS) is 9.94. The van der Waals surface area contributed by atoms with Gasteiger partial charge in [-0.25, -0.2) is 0 Å². The first-order valence-electron chi connectivity index (χ1n) is 4.64. The van der Waals surface area contributed by atoms with E-state index in [0.717, 1.165) is 10.0 Å². The van der Waals surface area contributed by atoms with Crippen molar-refractivity contribution in [3.8, 4) is 5.75 Å². The summed E-state index contributed by atoms with van der Waals surface area (Å²) in [5, 5.41) is 0. The molecule has 0 N–H and O–H groups in total. The van der Waals surface area contributed by atoms with E-state index < -0.39 is 0 Å². The molecule has 0 heterocycles. The molecule has 1 aromatic carbocycles. The summed E-state index contributed by atoms with van der Waals surface area (Å²) >= 11 is 3.36. The Kier molecular flexibility index (Phi) is 5.28. The lowest BCUT2D eigenvalue weighted by atomic mass is 10.1.